The number of halogens is 2. The summed E-state index contributed by atoms with van der Waals surface area (Å²) in [5, 5.41) is 11.5. The standard InChI is InChI=1S/C16H18F2N6O/c1-2-3-16(25)23-8-6-22(7-9-23)11-15-19-20-21-24(15)12-4-5-13(17)14(18)10-12/h2-5,10H,6-9,11H2,1H3/b3-2-. The Morgan fingerprint density at radius 3 is 2.64 bits per heavy atom. The van der Waals surface area contributed by atoms with E-state index in [-0.39, 0.29) is 5.91 Å². The number of carbonyl (C=O) groups is 1. The molecule has 0 N–H and O–H groups in total. The Hall–Kier alpha value is -2.68. The summed E-state index contributed by atoms with van der Waals surface area (Å²) in [6.07, 6.45) is 3.28. The van der Waals surface area contributed by atoms with Crippen molar-refractivity contribution in [2.75, 3.05) is 26.2 Å². The highest BCUT2D eigenvalue weighted by atomic mass is 19.2. The Labute approximate surface area is 143 Å². The molecule has 0 spiro atoms. The number of rotatable bonds is 4. The molecule has 0 unspecified atom stereocenters. The quantitative estimate of drug-likeness (QED) is 0.776. The molecule has 1 fully saturated rings. The monoisotopic (exact) mass is 348 g/mol. The molecule has 1 aromatic carbocycles. The van der Waals surface area contributed by atoms with E-state index in [0.717, 1.165) is 12.1 Å². The van der Waals surface area contributed by atoms with Crippen molar-refractivity contribution in [2.24, 2.45) is 0 Å². The van der Waals surface area contributed by atoms with Crippen LogP contribution in [0.3, 0.4) is 0 Å². The molecule has 1 amide bonds. The summed E-state index contributed by atoms with van der Waals surface area (Å²) >= 11 is 0. The molecule has 0 atom stereocenters. The Morgan fingerprint density at radius 1 is 1.20 bits per heavy atom. The van der Waals surface area contributed by atoms with E-state index in [1.807, 2.05) is 6.92 Å². The lowest BCUT2D eigenvalue weighted by Crippen LogP contribution is -2.48. The van der Waals surface area contributed by atoms with Crippen LogP contribution in [0.2, 0.25) is 0 Å². The van der Waals surface area contributed by atoms with Crippen LogP contribution < -0.4 is 0 Å². The maximum absolute atomic E-state index is 13.4. The van der Waals surface area contributed by atoms with Crippen LogP contribution in [0.15, 0.2) is 30.4 Å². The van der Waals surface area contributed by atoms with Gasteiger partial charge in [0.2, 0.25) is 5.91 Å². The van der Waals surface area contributed by atoms with Gasteiger partial charge in [0.1, 0.15) is 0 Å². The molecular weight excluding hydrogens is 330 g/mol. The van der Waals surface area contributed by atoms with Crippen LogP contribution >= 0.6 is 0 Å². The molecule has 9 heteroatoms. The number of carbonyl (C=O) groups excluding carboxylic acids is 1. The SMILES string of the molecule is C/C=C\C(=O)N1CCN(Cc2nnnn2-c2ccc(F)c(F)c2)CC1. The first-order valence-corrected chi connectivity index (χ1v) is 7.95. The van der Waals surface area contributed by atoms with Crippen molar-refractivity contribution in [3.8, 4) is 5.69 Å². The lowest BCUT2D eigenvalue weighted by Gasteiger charge is -2.33. The molecule has 3 rings (SSSR count). The number of piperazine rings is 1. The summed E-state index contributed by atoms with van der Waals surface area (Å²) in [6, 6.07) is 3.52. The zero-order valence-corrected chi connectivity index (χ0v) is 13.8. The minimum absolute atomic E-state index is 0.00812. The average Bonchev–Trinajstić information content (AvgIpc) is 3.06. The summed E-state index contributed by atoms with van der Waals surface area (Å²) in [4.78, 5) is 15.7. The first-order valence-electron chi connectivity index (χ1n) is 7.95. The minimum Gasteiger partial charge on any atom is -0.337 e. The fourth-order valence-electron chi connectivity index (χ4n) is 2.70. The first kappa shape index (κ1) is 17.2. The smallest absolute Gasteiger partial charge is 0.246 e. The molecule has 7 nitrogen and oxygen atoms in total. The second kappa shape index (κ2) is 7.47. The Kier molecular flexibility index (Phi) is 5.13. The predicted octanol–water partition coefficient (Wildman–Crippen LogP) is 1.16. The minimum atomic E-state index is -0.949. The van der Waals surface area contributed by atoms with Crippen LogP contribution in [0.5, 0.6) is 0 Å². The van der Waals surface area contributed by atoms with Gasteiger partial charge in [0.05, 0.1) is 12.2 Å². The molecule has 132 valence electrons. The number of amides is 1. The second-order valence-electron chi connectivity index (χ2n) is 5.71. The van der Waals surface area contributed by atoms with Crippen molar-refractivity contribution in [1.29, 1.82) is 0 Å². The van der Waals surface area contributed by atoms with Crippen molar-refractivity contribution >= 4 is 5.91 Å². The second-order valence-corrected chi connectivity index (χ2v) is 5.71. The van der Waals surface area contributed by atoms with Crippen LogP contribution in [0, 0.1) is 11.6 Å². The molecule has 0 aliphatic carbocycles. The summed E-state index contributed by atoms with van der Waals surface area (Å²) in [6.45, 7) is 4.89. The number of hydrogen-bond donors (Lipinski definition) is 0. The molecule has 2 heterocycles. The van der Waals surface area contributed by atoms with Crippen LogP contribution in [0.4, 0.5) is 8.78 Å². The van der Waals surface area contributed by atoms with Gasteiger partial charge in [0, 0.05) is 32.2 Å². The number of hydrogen-bond acceptors (Lipinski definition) is 5. The maximum atomic E-state index is 13.4. The fraction of sp³-hybridized carbons (Fsp3) is 0.375. The summed E-state index contributed by atoms with van der Waals surface area (Å²) < 4.78 is 27.9. The van der Waals surface area contributed by atoms with Crippen LogP contribution in [-0.4, -0.2) is 62.1 Å². The van der Waals surface area contributed by atoms with Crippen molar-refractivity contribution < 1.29 is 13.6 Å². The van der Waals surface area contributed by atoms with E-state index in [1.54, 1.807) is 17.1 Å². The molecule has 25 heavy (non-hydrogen) atoms. The highest BCUT2D eigenvalue weighted by molar-refractivity contribution is 5.87. The normalized spacial score (nSPS) is 15.9. The zero-order chi connectivity index (χ0) is 17.8. The number of nitrogens with zero attached hydrogens (tertiary/aromatic N) is 6. The Morgan fingerprint density at radius 2 is 1.96 bits per heavy atom. The van der Waals surface area contributed by atoms with E-state index in [0.29, 0.717) is 44.2 Å². The third-order valence-corrected chi connectivity index (χ3v) is 4.04. The molecule has 0 bridgehead atoms. The van der Waals surface area contributed by atoms with Gasteiger partial charge >= 0.3 is 0 Å². The van der Waals surface area contributed by atoms with Gasteiger partial charge in [-0.25, -0.2) is 8.78 Å². The maximum Gasteiger partial charge on any atom is 0.246 e. The van der Waals surface area contributed by atoms with Crippen molar-refractivity contribution in [1.82, 2.24) is 30.0 Å². The summed E-state index contributed by atoms with van der Waals surface area (Å²) in [5.41, 5.74) is 0.362. The van der Waals surface area contributed by atoms with Crippen LogP contribution in [0.1, 0.15) is 12.7 Å². The van der Waals surface area contributed by atoms with E-state index in [4.69, 9.17) is 0 Å². The molecule has 0 radical (unpaired) electrons. The molecule has 0 saturated carbocycles. The third kappa shape index (κ3) is 3.87. The van der Waals surface area contributed by atoms with E-state index in [1.165, 1.54) is 10.7 Å². The average molecular weight is 348 g/mol. The van der Waals surface area contributed by atoms with Crippen molar-refractivity contribution in [3.05, 3.63) is 47.8 Å². The van der Waals surface area contributed by atoms with Gasteiger partial charge in [-0.2, -0.15) is 4.68 Å². The molecule has 2 aromatic rings. The van der Waals surface area contributed by atoms with Gasteiger partial charge in [-0.05, 0) is 35.6 Å². The summed E-state index contributed by atoms with van der Waals surface area (Å²) in [7, 11) is 0. The molecule has 1 aromatic heterocycles. The van der Waals surface area contributed by atoms with Crippen molar-refractivity contribution in [3.63, 3.8) is 0 Å². The summed E-state index contributed by atoms with van der Waals surface area (Å²) in [5.74, 6) is -1.33. The van der Waals surface area contributed by atoms with E-state index in [2.05, 4.69) is 20.4 Å². The third-order valence-electron chi connectivity index (χ3n) is 4.04. The van der Waals surface area contributed by atoms with Gasteiger partial charge < -0.3 is 4.90 Å². The lowest BCUT2D eigenvalue weighted by molar-refractivity contribution is -0.127. The van der Waals surface area contributed by atoms with Gasteiger partial charge in [0.15, 0.2) is 17.5 Å². The largest absolute Gasteiger partial charge is 0.337 e. The topological polar surface area (TPSA) is 67.2 Å². The molecule has 1 aliphatic heterocycles. The van der Waals surface area contributed by atoms with Gasteiger partial charge in [-0.3, -0.25) is 9.69 Å². The Balaban J connectivity index is 1.66. The van der Waals surface area contributed by atoms with Crippen LogP contribution in [0.25, 0.3) is 5.69 Å². The van der Waals surface area contributed by atoms with E-state index >= 15 is 0 Å². The van der Waals surface area contributed by atoms with Gasteiger partial charge in [-0.15, -0.1) is 5.10 Å². The fourth-order valence-corrected chi connectivity index (χ4v) is 2.70. The molecular formula is C16H18F2N6O. The van der Waals surface area contributed by atoms with Crippen LogP contribution in [-0.2, 0) is 11.3 Å². The highest BCUT2D eigenvalue weighted by Crippen LogP contribution is 2.14. The lowest BCUT2D eigenvalue weighted by atomic mass is 10.3. The van der Waals surface area contributed by atoms with Gasteiger partial charge in [0.25, 0.3) is 0 Å². The number of allylic oxidation sites excluding steroid dienone is 1. The zero-order valence-electron chi connectivity index (χ0n) is 13.8. The molecule has 1 saturated heterocycles. The first-order chi connectivity index (χ1) is 12.1. The van der Waals surface area contributed by atoms with Gasteiger partial charge in [-0.1, -0.05) is 6.08 Å². The molecule has 1 aliphatic rings. The number of aromatic nitrogens is 4. The van der Waals surface area contributed by atoms with Crippen molar-refractivity contribution in [2.45, 2.75) is 13.5 Å². The highest BCUT2D eigenvalue weighted by Gasteiger charge is 2.21. The van der Waals surface area contributed by atoms with E-state index in [9.17, 15) is 13.6 Å². The number of tetrazole rings is 1. The Bertz CT molecular complexity index is 783. The van der Waals surface area contributed by atoms with E-state index < -0.39 is 11.6 Å². The number of benzene rings is 1. The predicted molar refractivity (Wildman–Crippen MR) is 85.7 cm³/mol.